The molecule has 0 aliphatic heterocycles. The van der Waals surface area contributed by atoms with Crippen molar-refractivity contribution in [3.05, 3.63) is 47.1 Å². The number of aromatic amines is 1. The van der Waals surface area contributed by atoms with E-state index in [0.29, 0.717) is 24.4 Å². The second-order valence-corrected chi connectivity index (χ2v) is 6.58. The Morgan fingerprint density at radius 2 is 2.25 bits per heavy atom. The van der Waals surface area contributed by atoms with Gasteiger partial charge in [-0.05, 0) is 24.5 Å². The van der Waals surface area contributed by atoms with Gasteiger partial charge < -0.3 is 21.1 Å². The summed E-state index contributed by atoms with van der Waals surface area (Å²) in [5.41, 5.74) is 8.54. The molecule has 7 heteroatoms. The van der Waals surface area contributed by atoms with Crippen LogP contribution in [0.15, 0.2) is 35.8 Å². The number of para-hydroxylation sites is 1. The maximum Gasteiger partial charge on any atom is 0.220 e. The van der Waals surface area contributed by atoms with Crippen LogP contribution in [0.25, 0.3) is 10.9 Å². The highest BCUT2D eigenvalue weighted by Crippen LogP contribution is 2.19. The second kappa shape index (κ2) is 7.46. The third kappa shape index (κ3) is 3.93. The van der Waals surface area contributed by atoms with Crippen molar-refractivity contribution in [2.45, 2.75) is 25.3 Å². The number of benzene rings is 1. The van der Waals surface area contributed by atoms with E-state index in [1.807, 2.05) is 35.8 Å². The van der Waals surface area contributed by atoms with Crippen LogP contribution in [0.1, 0.15) is 17.7 Å². The number of carbonyl (C=O) groups excluding carboxylic acids is 1. The number of H-pyrrole nitrogens is 1. The molecule has 1 atom stereocenters. The summed E-state index contributed by atoms with van der Waals surface area (Å²) in [7, 11) is 0. The van der Waals surface area contributed by atoms with Crippen LogP contribution in [0, 0.1) is 0 Å². The Balaban J connectivity index is 1.57. The van der Waals surface area contributed by atoms with E-state index < -0.39 is 0 Å². The Hall–Kier alpha value is -2.38. The van der Waals surface area contributed by atoms with Gasteiger partial charge in [0, 0.05) is 28.9 Å². The molecule has 3 aromatic rings. The van der Waals surface area contributed by atoms with Gasteiger partial charge in [0.15, 0.2) is 5.13 Å². The first-order valence-electron chi connectivity index (χ1n) is 7.81. The zero-order valence-corrected chi connectivity index (χ0v) is 14.0. The monoisotopic (exact) mass is 344 g/mol. The Morgan fingerprint density at radius 1 is 1.42 bits per heavy atom. The number of rotatable bonds is 7. The topological polar surface area (TPSA) is 104 Å². The summed E-state index contributed by atoms with van der Waals surface area (Å²) in [4.78, 5) is 19.4. The summed E-state index contributed by atoms with van der Waals surface area (Å²) in [5.74, 6) is -0.0968. The molecule has 0 aliphatic rings. The number of thiazole rings is 1. The fourth-order valence-corrected chi connectivity index (χ4v) is 3.30. The second-order valence-electron chi connectivity index (χ2n) is 5.69. The van der Waals surface area contributed by atoms with Crippen molar-refractivity contribution in [1.29, 1.82) is 0 Å². The molecule has 0 aliphatic carbocycles. The lowest BCUT2D eigenvalue weighted by Crippen LogP contribution is -2.39. The SMILES string of the molecule is Nc1nc(CCC(=O)NC(CO)Cc2c[nH]c3ccccc23)cs1. The van der Waals surface area contributed by atoms with Crippen LogP contribution in [-0.4, -0.2) is 33.6 Å². The van der Waals surface area contributed by atoms with Crippen LogP contribution in [-0.2, 0) is 17.6 Å². The number of nitrogens with one attached hydrogen (secondary N) is 2. The molecule has 2 aromatic heterocycles. The van der Waals surface area contributed by atoms with Crippen molar-refractivity contribution in [2.24, 2.45) is 0 Å². The molecule has 1 aromatic carbocycles. The highest BCUT2D eigenvalue weighted by atomic mass is 32.1. The van der Waals surface area contributed by atoms with Crippen molar-refractivity contribution in [2.75, 3.05) is 12.3 Å². The number of fused-ring (bicyclic) bond motifs is 1. The van der Waals surface area contributed by atoms with E-state index in [9.17, 15) is 9.90 Å². The first-order valence-corrected chi connectivity index (χ1v) is 8.68. The van der Waals surface area contributed by atoms with Crippen molar-refractivity contribution >= 4 is 33.3 Å². The van der Waals surface area contributed by atoms with Gasteiger partial charge in [-0.2, -0.15) is 0 Å². The predicted octanol–water partition coefficient (Wildman–Crippen LogP) is 1.86. The fourth-order valence-electron chi connectivity index (χ4n) is 2.71. The summed E-state index contributed by atoms with van der Waals surface area (Å²) < 4.78 is 0. The van der Waals surface area contributed by atoms with Crippen molar-refractivity contribution in [1.82, 2.24) is 15.3 Å². The van der Waals surface area contributed by atoms with Crippen LogP contribution < -0.4 is 11.1 Å². The van der Waals surface area contributed by atoms with Gasteiger partial charge >= 0.3 is 0 Å². The number of amides is 1. The fraction of sp³-hybridized carbons (Fsp3) is 0.294. The molecule has 3 rings (SSSR count). The Bertz CT molecular complexity index is 827. The van der Waals surface area contributed by atoms with Crippen molar-refractivity contribution < 1.29 is 9.90 Å². The number of aromatic nitrogens is 2. The summed E-state index contributed by atoms with van der Waals surface area (Å²) in [6, 6.07) is 7.68. The summed E-state index contributed by atoms with van der Waals surface area (Å²) >= 11 is 1.37. The Labute approximate surface area is 143 Å². The van der Waals surface area contributed by atoms with Gasteiger partial charge in [-0.1, -0.05) is 18.2 Å². The molecule has 0 radical (unpaired) electrons. The zero-order chi connectivity index (χ0) is 16.9. The minimum atomic E-state index is -0.308. The third-order valence-corrected chi connectivity index (χ3v) is 4.63. The largest absolute Gasteiger partial charge is 0.394 e. The number of nitrogen functional groups attached to an aromatic ring is 1. The average molecular weight is 344 g/mol. The molecule has 126 valence electrons. The van der Waals surface area contributed by atoms with Crippen LogP contribution in [0.3, 0.4) is 0 Å². The average Bonchev–Trinajstić information content (AvgIpc) is 3.19. The molecular weight excluding hydrogens is 324 g/mol. The lowest BCUT2D eigenvalue weighted by atomic mass is 10.1. The molecule has 5 N–H and O–H groups in total. The van der Waals surface area contributed by atoms with Crippen LogP contribution >= 0.6 is 11.3 Å². The molecule has 0 bridgehead atoms. The maximum atomic E-state index is 12.1. The molecule has 0 saturated heterocycles. The van der Waals surface area contributed by atoms with E-state index in [4.69, 9.17) is 5.73 Å². The maximum absolute atomic E-state index is 12.1. The molecule has 0 saturated carbocycles. The standard InChI is InChI=1S/C17H20N4O2S/c18-17-21-12(10-24-17)5-6-16(23)20-13(9-22)7-11-8-19-15-4-2-1-3-14(11)15/h1-4,8,10,13,19,22H,5-7,9H2,(H2,18,21)(H,20,23). The van der Waals surface area contributed by atoms with Crippen LogP contribution in [0.4, 0.5) is 5.13 Å². The van der Waals surface area contributed by atoms with E-state index in [1.165, 1.54) is 11.3 Å². The summed E-state index contributed by atoms with van der Waals surface area (Å²) in [5, 5.41) is 16.0. The van der Waals surface area contributed by atoms with E-state index in [1.54, 1.807) is 0 Å². The summed E-state index contributed by atoms with van der Waals surface area (Å²) in [6.45, 7) is -0.102. The molecule has 6 nitrogen and oxygen atoms in total. The van der Waals surface area contributed by atoms with Crippen molar-refractivity contribution in [3.63, 3.8) is 0 Å². The number of carbonyl (C=O) groups is 1. The molecular formula is C17H20N4O2S. The van der Waals surface area contributed by atoms with Crippen molar-refractivity contribution in [3.8, 4) is 0 Å². The molecule has 0 spiro atoms. The molecule has 0 fully saturated rings. The molecule has 2 heterocycles. The zero-order valence-electron chi connectivity index (χ0n) is 13.2. The highest BCUT2D eigenvalue weighted by Gasteiger charge is 2.15. The number of aliphatic hydroxyl groups is 1. The number of hydrogen-bond donors (Lipinski definition) is 4. The number of anilines is 1. The summed E-state index contributed by atoms with van der Waals surface area (Å²) in [6.07, 6.45) is 3.38. The normalized spacial score (nSPS) is 12.4. The lowest BCUT2D eigenvalue weighted by molar-refractivity contribution is -0.122. The van der Waals surface area contributed by atoms with E-state index in [-0.39, 0.29) is 18.6 Å². The first-order chi connectivity index (χ1) is 11.7. The lowest BCUT2D eigenvalue weighted by Gasteiger charge is -2.16. The Morgan fingerprint density at radius 3 is 3.00 bits per heavy atom. The van der Waals surface area contributed by atoms with E-state index in [0.717, 1.165) is 22.2 Å². The quantitative estimate of drug-likeness (QED) is 0.525. The smallest absolute Gasteiger partial charge is 0.220 e. The molecule has 24 heavy (non-hydrogen) atoms. The van der Waals surface area contributed by atoms with E-state index in [2.05, 4.69) is 15.3 Å². The number of nitrogens with two attached hydrogens (primary N) is 1. The molecule has 1 amide bonds. The van der Waals surface area contributed by atoms with E-state index >= 15 is 0 Å². The molecule has 1 unspecified atom stereocenters. The van der Waals surface area contributed by atoms with Gasteiger partial charge in [0.25, 0.3) is 0 Å². The van der Waals surface area contributed by atoms with Gasteiger partial charge in [0.05, 0.1) is 18.3 Å². The number of aliphatic hydroxyl groups excluding tert-OH is 1. The van der Waals surface area contributed by atoms with Crippen LogP contribution in [0.2, 0.25) is 0 Å². The number of hydrogen-bond acceptors (Lipinski definition) is 5. The van der Waals surface area contributed by atoms with Crippen LogP contribution in [0.5, 0.6) is 0 Å². The minimum Gasteiger partial charge on any atom is -0.394 e. The minimum absolute atomic E-state index is 0.0968. The predicted molar refractivity (Wildman–Crippen MR) is 95.9 cm³/mol. The van der Waals surface area contributed by atoms with Gasteiger partial charge in [-0.15, -0.1) is 11.3 Å². The van der Waals surface area contributed by atoms with Gasteiger partial charge in [-0.3, -0.25) is 4.79 Å². The van der Waals surface area contributed by atoms with Gasteiger partial charge in [0.1, 0.15) is 0 Å². The Kier molecular flexibility index (Phi) is 5.12. The first kappa shape index (κ1) is 16.5. The number of aryl methyl sites for hydroxylation is 1. The highest BCUT2D eigenvalue weighted by molar-refractivity contribution is 7.13. The number of nitrogens with zero attached hydrogens (tertiary/aromatic N) is 1. The third-order valence-electron chi connectivity index (χ3n) is 3.90. The van der Waals surface area contributed by atoms with Gasteiger partial charge in [-0.25, -0.2) is 4.98 Å². The van der Waals surface area contributed by atoms with Gasteiger partial charge in [0.2, 0.25) is 5.91 Å².